The predicted octanol–water partition coefficient (Wildman–Crippen LogP) is 6.20. The Bertz CT molecular complexity index is 414. The first-order valence-electron chi connectivity index (χ1n) is 11.1. The third-order valence-electron chi connectivity index (χ3n) is 6.60. The summed E-state index contributed by atoms with van der Waals surface area (Å²) in [4.78, 5) is 19.1. The zero-order valence-electron chi connectivity index (χ0n) is 16.7. The van der Waals surface area contributed by atoms with Crippen molar-refractivity contribution in [3.8, 4) is 0 Å². The zero-order chi connectivity index (χ0) is 19.5. The SMILES string of the molecule is C1CC[CH]([Sn]([CH]2CCCCC2)[CH]2CCCCC2)CC1.O=C(O)/C=C\C(=O)O. The zero-order valence-corrected chi connectivity index (χ0v) is 19.6. The van der Waals surface area contributed by atoms with E-state index < -0.39 is 31.7 Å². The first-order valence-corrected chi connectivity index (χ1v) is 16.0. The normalized spacial score (nSPS) is 23.1. The van der Waals surface area contributed by atoms with Crippen molar-refractivity contribution in [2.75, 3.05) is 0 Å². The molecule has 3 saturated carbocycles. The van der Waals surface area contributed by atoms with Crippen LogP contribution >= 0.6 is 0 Å². The second-order valence-electron chi connectivity index (χ2n) is 8.51. The number of rotatable bonds is 5. The van der Waals surface area contributed by atoms with Crippen LogP contribution in [0.2, 0.25) is 11.8 Å². The number of carboxylic acid groups (broad SMARTS) is 2. The van der Waals surface area contributed by atoms with E-state index >= 15 is 0 Å². The maximum absolute atomic E-state index is 9.55. The van der Waals surface area contributed by atoms with Crippen molar-refractivity contribution in [2.45, 2.75) is 108 Å². The molecule has 0 spiro atoms. The van der Waals surface area contributed by atoms with Crippen LogP contribution in [0.4, 0.5) is 0 Å². The summed E-state index contributed by atoms with van der Waals surface area (Å²) >= 11 is -1.15. The molecular weight excluding hydrogens is 447 g/mol. The average molecular weight is 484 g/mol. The molecule has 27 heavy (non-hydrogen) atoms. The molecule has 3 aliphatic carbocycles. The molecule has 0 amide bonds. The quantitative estimate of drug-likeness (QED) is 0.360. The minimum Gasteiger partial charge on any atom is -0.478 e. The number of aliphatic carboxylic acids is 2. The molecule has 4 nitrogen and oxygen atoms in total. The van der Waals surface area contributed by atoms with Gasteiger partial charge < -0.3 is 10.2 Å². The molecule has 0 aromatic heterocycles. The van der Waals surface area contributed by atoms with E-state index in [-0.39, 0.29) is 0 Å². The van der Waals surface area contributed by atoms with Crippen LogP contribution in [0.15, 0.2) is 12.2 Å². The van der Waals surface area contributed by atoms with Crippen LogP contribution in [0, 0.1) is 0 Å². The fraction of sp³-hybridized carbons (Fsp3) is 0.818. The third kappa shape index (κ3) is 8.57. The summed E-state index contributed by atoms with van der Waals surface area (Å²) in [7, 11) is 0. The van der Waals surface area contributed by atoms with Gasteiger partial charge in [0.05, 0.1) is 0 Å². The van der Waals surface area contributed by atoms with Gasteiger partial charge in [-0.2, -0.15) is 0 Å². The number of carboxylic acids is 2. The summed E-state index contributed by atoms with van der Waals surface area (Å²) in [5.74, 6) is -2.51. The molecule has 0 atom stereocenters. The molecule has 2 N–H and O–H groups in total. The van der Waals surface area contributed by atoms with Gasteiger partial charge in [0.15, 0.2) is 0 Å². The van der Waals surface area contributed by atoms with E-state index in [4.69, 9.17) is 10.2 Å². The molecule has 3 aliphatic rings. The van der Waals surface area contributed by atoms with Crippen molar-refractivity contribution in [2.24, 2.45) is 0 Å². The van der Waals surface area contributed by atoms with Gasteiger partial charge in [0.25, 0.3) is 0 Å². The van der Waals surface area contributed by atoms with Crippen LogP contribution in [0.5, 0.6) is 0 Å². The van der Waals surface area contributed by atoms with E-state index in [1.165, 1.54) is 11.8 Å². The fourth-order valence-corrected chi connectivity index (χ4v) is 20.4. The van der Waals surface area contributed by atoms with Gasteiger partial charge in [-0.3, -0.25) is 0 Å². The summed E-state index contributed by atoms with van der Waals surface area (Å²) in [6.45, 7) is 0. The van der Waals surface area contributed by atoms with Gasteiger partial charge >= 0.3 is 140 Å². The monoisotopic (exact) mass is 485 g/mol. The van der Waals surface area contributed by atoms with Crippen molar-refractivity contribution in [1.29, 1.82) is 0 Å². The maximum Gasteiger partial charge on any atom is 0.328 e. The van der Waals surface area contributed by atoms with Crippen LogP contribution in [0.1, 0.15) is 96.3 Å². The summed E-state index contributed by atoms with van der Waals surface area (Å²) in [6.07, 6.45) is 25.3. The number of hydrogen-bond acceptors (Lipinski definition) is 2. The van der Waals surface area contributed by atoms with Crippen LogP contribution in [-0.4, -0.2) is 41.9 Å². The Labute approximate surface area is 171 Å². The van der Waals surface area contributed by atoms with Gasteiger partial charge in [-0.15, -0.1) is 0 Å². The first-order chi connectivity index (χ1) is 13.1. The molecule has 3 rings (SSSR count). The van der Waals surface area contributed by atoms with Gasteiger partial charge in [0.2, 0.25) is 0 Å². The second-order valence-corrected chi connectivity index (χ2v) is 18.4. The molecule has 0 bridgehead atoms. The Balaban J connectivity index is 0.000000279. The van der Waals surface area contributed by atoms with Crippen LogP contribution in [-0.2, 0) is 9.59 Å². The van der Waals surface area contributed by atoms with Gasteiger partial charge in [0, 0.05) is 12.2 Å². The van der Waals surface area contributed by atoms with Crippen molar-refractivity contribution in [3.63, 3.8) is 0 Å². The molecular formula is C22H37O4Sn. The smallest absolute Gasteiger partial charge is 0.328 e. The summed E-state index contributed by atoms with van der Waals surface area (Å²) in [5, 5.41) is 15.6. The fourth-order valence-electron chi connectivity index (χ4n) is 5.45. The van der Waals surface area contributed by atoms with Gasteiger partial charge in [-0.05, 0) is 0 Å². The molecule has 1 radical (unpaired) electrons. The summed E-state index contributed by atoms with van der Waals surface area (Å²) in [6, 6.07) is 0. The van der Waals surface area contributed by atoms with E-state index in [1.54, 1.807) is 96.3 Å². The summed E-state index contributed by atoms with van der Waals surface area (Å²) < 4.78 is 3.96. The molecule has 0 heterocycles. The van der Waals surface area contributed by atoms with Crippen molar-refractivity contribution >= 4 is 31.7 Å². The largest absolute Gasteiger partial charge is 0.478 e. The van der Waals surface area contributed by atoms with Crippen molar-refractivity contribution in [3.05, 3.63) is 12.2 Å². The minimum absolute atomic E-state index is 0.558. The van der Waals surface area contributed by atoms with Gasteiger partial charge in [0.1, 0.15) is 0 Å². The van der Waals surface area contributed by atoms with E-state index in [1.807, 2.05) is 0 Å². The van der Waals surface area contributed by atoms with Crippen molar-refractivity contribution in [1.82, 2.24) is 0 Å². The first kappa shape index (κ1) is 22.8. The van der Waals surface area contributed by atoms with E-state index in [0.717, 1.165) is 0 Å². The van der Waals surface area contributed by atoms with E-state index in [0.29, 0.717) is 12.2 Å². The Kier molecular flexibility index (Phi) is 10.8. The second kappa shape index (κ2) is 12.8. The standard InChI is InChI=1S/3C6H11.C4H4O4.Sn/c3*1-2-4-6-5-3-1;5-3(6)1-2-4(7)8;/h3*1H,2-6H2;1-2H,(H,5,6)(H,7,8);/b;;;2-1-;. The minimum atomic E-state index is -1.26. The topological polar surface area (TPSA) is 74.6 Å². The molecule has 3 fully saturated rings. The van der Waals surface area contributed by atoms with Crippen LogP contribution in [0.25, 0.3) is 0 Å². The molecule has 0 unspecified atom stereocenters. The molecule has 0 aromatic rings. The summed E-state index contributed by atoms with van der Waals surface area (Å²) in [5.41, 5.74) is 0. The molecule has 0 aliphatic heterocycles. The van der Waals surface area contributed by atoms with Gasteiger partial charge in [-0.25, -0.2) is 9.59 Å². The maximum atomic E-state index is 9.55. The number of carbonyl (C=O) groups is 2. The Hall–Kier alpha value is -0.521. The Morgan fingerprint density at radius 1 is 0.556 bits per heavy atom. The van der Waals surface area contributed by atoms with E-state index in [9.17, 15) is 9.59 Å². The Morgan fingerprint density at radius 3 is 1.04 bits per heavy atom. The Morgan fingerprint density at radius 2 is 0.815 bits per heavy atom. The predicted molar refractivity (Wildman–Crippen MR) is 111 cm³/mol. The molecule has 153 valence electrons. The van der Waals surface area contributed by atoms with Crippen LogP contribution in [0.3, 0.4) is 0 Å². The average Bonchev–Trinajstić information content (AvgIpc) is 2.70. The van der Waals surface area contributed by atoms with Gasteiger partial charge in [-0.1, -0.05) is 0 Å². The molecule has 0 aromatic carbocycles. The van der Waals surface area contributed by atoms with Crippen LogP contribution < -0.4 is 0 Å². The third-order valence-corrected chi connectivity index (χ3v) is 19.6. The number of hydrogen-bond donors (Lipinski definition) is 2. The molecule has 5 heteroatoms. The van der Waals surface area contributed by atoms with E-state index in [2.05, 4.69) is 0 Å². The van der Waals surface area contributed by atoms with Crippen molar-refractivity contribution < 1.29 is 19.8 Å². The molecule has 0 saturated heterocycles.